The maximum absolute atomic E-state index is 12.9. The van der Waals surface area contributed by atoms with Gasteiger partial charge in [-0.1, -0.05) is 0 Å². The summed E-state index contributed by atoms with van der Waals surface area (Å²) in [6, 6.07) is 8.15. The molecule has 0 aromatic heterocycles. The molecule has 2 atom stereocenters. The summed E-state index contributed by atoms with van der Waals surface area (Å²) < 4.78 is 5.22. The molecule has 2 aliphatic rings. The summed E-state index contributed by atoms with van der Waals surface area (Å²) >= 11 is 0. The molecule has 1 aliphatic heterocycles. The smallest absolute Gasteiger partial charge is 0.231 e. The molecule has 4 nitrogen and oxygen atoms in total. The number of rotatable bonds is 5. The van der Waals surface area contributed by atoms with E-state index in [1.165, 1.54) is 12.8 Å². The average molecular weight is 325 g/mol. The van der Waals surface area contributed by atoms with Crippen molar-refractivity contribution in [3.05, 3.63) is 24.3 Å². The second kappa shape index (κ2) is 7.34. The minimum Gasteiger partial charge on any atom is -0.497 e. The highest BCUT2D eigenvalue weighted by molar-refractivity contribution is 5.96. The first-order valence-electron chi connectivity index (χ1n) is 7.88. The van der Waals surface area contributed by atoms with E-state index in [2.05, 4.69) is 12.2 Å². The minimum atomic E-state index is 0. The molecule has 5 heteroatoms. The molecule has 1 aromatic rings. The number of anilines is 1. The van der Waals surface area contributed by atoms with Crippen LogP contribution in [-0.2, 0) is 4.79 Å². The number of hydrogen-bond donors (Lipinski definition) is 1. The first kappa shape index (κ1) is 17.1. The fourth-order valence-corrected chi connectivity index (χ4v) is 3.16. The van der Waals surface area contributed by atoms with Crippen LogP contribution in [0.15, 0.2) is 24.3 Å². The van der Waals surface area contributed by atoms with E-state index in [1.54, 1.807) is 7.11 Å². The van der Waals surface area contributed by atoms with Gasteiger partial charge in [0, 0.05) is 18.3 Å². The van der Waals surface area contributed by atoms with Crippen molar-refractivity contribution in [3.63, 3.8) is 0 Å². The number of nitrogens with one attached hydrogen (secondary N) is 1. The van der Waals surface area contributed by atoms with Gasteiger partial charge in [0.2, 0.25) is 5.91 Å². The maximum Gasteiger partial charge on any atom is 0.231 e. The summed E-state index contributed by atoms with van der Waals surface area (Å²) in [6.07, 6.45) is 3.43. The van der Waals surface area contributed by atoms with Crippen molar-refractivity contribution >= 4 is 24.0 Å². The van der Waals surface area contributed by atoms with Crippen LogP contribution in [0.1, 0.15) is 26.2 Å². The molecular weight excluding hydrogens is 300 g/mol. The highest BCUT2D eigenvalue weighted by Crippen LogP contribution is 2.38. The zero-order valence-electron chi connectivity index (χ0n) is 13.2. The Morgan fingerprint density at radius 2 is 1.95 bits per heavy atom. The molecule has 1 N–H and O–H groups in total. The van der Waals surface area contributed by atoms with Crippen molar-refractivity contribution in [2.45, 2.75) is 32.2 Å². The number of hydrogen-bond acceptors (Lipinski definition) is 3. The average Bonchev–Trinajstić information content (AvgIpc) is 3.22. The molecule has 2 unspecified atom stereocenters. The van der Waals surface area contributed by atoms with E-state index in [4.69, 9.17) is 4.74 Å². The lowest BCUT2D eigenvalue weighted by molar-refractivity contribution is -0.122. The van der Waals surface area contributed by atoms with Gasteiger partial charge in [0.1, 0.15) is 5.75 Å². The lowest BCUT2D eigenvalue weighted by Crippen LogP contribution is -2.44. The molecule has 1 aromatic carbocycles. The second-order valence-electron chi connectivity index (χ2n) is 6.17. The van der Waals surface area contributed by atoms with E-state index >= 15 is 0 Å². The number of ether oxygens (including phenoxy) is 1. The Morgan fingerprint density at radius 3 is 2.45 bits per heavy atom. The quantitative estimate of drug-likeness (QED) is 0.905. The van der Waals surface area contributed by atoms with Gasteiger partial charge in [-0.3, -0.25) is 4.79 Å². The van der Waals surface area contributed by atoms with Crippen LogP contribution in [0.25, 0.3) is 0 Å². The van der Waals surface area contributed by atoms with Gasteiger partial charge in [-0.15, -0.1) is 12.4 Å². The number of nitrogens with zero attached hydrogens (tertiary/aromatic N) is 1. The zero-order valence-corrected chi connectivity index (χ0v) is 14.1. The van der Waals surface area contributed by atoms with E-state index in [0.717, 1.165) is 30.9 Å². The molecule has 0 radical (unpaired) electrons. The monoisotopic (exact) mass is 324 g/mol. The van der Waals surface area contributed by atoms with E-state index in [1.807, 2.05) is 29.2 Å². The number of carbonyl (C=O) groups excluding carboxylic acids is 1. The normalized spacial score (nSPS) is 21.8. The van der Waals surface area contributed by atoms with Crippen molar-refractivity contribution in [1.29, 1.82) is 0 Å². The Kier molecular flexibility index (Phi) is 5.70. The summed E-state index contributed by atoms with van der Waals surface area (Å²) in [5, 5.41) is 3.29. The molecule has 2 fully saturated rings. The first-order chi connectivity index (χ1) is 10.2. The first-order valence-corrected chi connectivity index (χ1v) is 7.88. The molecule has 1 saturated carbocycles. The fourth-order valence-electron chi connectivity index (χ4n) is 3.16. The van der Waals surface area contributed by atoms with Crippen molar-refractivity contribution in [3.8, 4) is 5.75 Å². The third-order valence-corrected chi connectivity index (χ3v) is 4.71. The standard InChI is InChI=1S/C17H24N2O2.ClH/c1-12(13-3-4-13)19(17(20)14-9-10-18-11-14)15-5-7-16(21-2)8-6-15;/h5-8,12-14,18H,3-4,9-11H2,1-2H3;1H. The van der Waals surface area contributed by atoms with Crippen LogP contribution in [0.4, 0.5) is 5.69 Å². The van der Waals surface area contributed by atoms with E-state index in [9.17, 15) is 4.79 Å². The van der Waals surface area contributed by atoms with Crippen LogP contribution in [-0.4, -0.2) is 32.1 Å². The SMILES string of the molecule is COc1ccc(N(C(=O)C2CCNC2)C(C)C2CC2)cc1.Cl. The Balaban J connectivity index is 0.00000176. The predicted molar refractivity (Wildman–Crippen MR) is 90.9 cm³/mol. The van der Waals surface area contributed by atoms with Gasteiger partial charge >= 0.3 is 0 Å². The minimum absolute atomic E-state index is 0. The zero-order chi connectivity index (χ0) is 14.8. The lowest BCUT2D eigenvalue weighted by Gasteiger charge is -2.31. The Bertz CT molecular complexity index is 496. The van der Waals surface area contributed by atoms with E-state index in [0.29, 0.717) is 5.92 Å². The van der Waals surface area contributed by atoms with E-state index in [-0.39, 0.29) is 30.3 Å². The van der Waals surface area contributed by atoms with Gasteiger partial charge in [0.15, 0.2) is 0 Å². The molecule has 3 rings (SSSR count). The van der Waals surface area contributed by atoms with Gasteiger partial charge in [0.25, 0.3) is 0 Å². The molecule has 122 valence electrons. The van der Waals surface area contributed by atoms with Gasteiger partial charge in [0.05, 0.1) is 13.0 Å². The summed E-state index contributed by atoms with van der Waals surface area (Å²) in [4.78, 5) is 15.0. The largest absolute Gasteiger partial charge is 0.497 e. The predicted octanol–water partition coefficient (Wildman–Crippen LogP) is 2.86. The topological polar surface area (TPSA) is 41.6 Å². The Labute approximate surface area is 138 Å². The summed E-state index contributed by atoms with van der Waals surface area (Å²) in [7, 11) is 1.66. The molecular formula is C17H25ClN2O2. The molecule has 0 bridgehead atoms. The van der Waals surface area contributed by atoms with Crippen LogP contribution < -0.4 is 15.0 Å². The number of amides is 1. The molecule has 1 amide bonds. The lowest BCUT2D eigenvalue weighted by atomic mass is 10.0. The molecule has 22 heavy (non-hydrogen) atoms. The molecule has 0 spiro atoms. The van der Waals surface area contributed by atoms with Crippen molar-refractivity contribution in [1.82, 2.24) is 5.32 Å². The van der Waals surface area contributed by atoms with Crippen molar-refractivity contribution in [2.24, 2.45) is 11.8 Å². The summed E-state index contributed by atoms with van der Waals surface area (Å²) in [5.41, 5.74) is 0.993. The Morgan fingerprint density at radius 1 is 1.27 bits per heavy atom. The van der Waals surface area contributed by atoms with Gasteiger partial charge in [-0.05, 0) is 62.9 Å². The summed E-state index contributed by atoms with van der Waals surface area (Å²) in [5.74, 6) is 1.87. The highest BCUT2D eigenvalue weighted by Gasteiger charge is 2.38. The van der Waals surface area contributed by atoms with Crippen LogP contribution in [0, 0.1) is 11.8 Å². The highest BCUT2D eigenvalue weighted by atomic mass is 35.5. The van der Waals surface area contributed by atoms with Gasteiger partial charge < -0.3 is 15.0 Å². The van der Waals surface area contributed by atoms with Crippen molar-refractivity contribution < 1.29 is 9.53 Å². The third kappa shape index (κ3) is 3.55. The Hall–Kier alpha value is -1.26. The number of halogens is 1. The van der Waals surface area contributed by atoms with Crippen LogP contribution in [0.3, 0.4) is 0 Å². The summed E-state index contributed by atoms with van der Waals surface area (Å²) in [6.45, 7) is 3.94. The van der Waals surface area contributed by atoms with Gasteiger partial charge in [-0.25, -0.2) is 0 Å². The second-order valence-corrected chi connectivity index (χ2v) is 6.17. The number of carbonyl (C=O) groups is 1. The van der Waals surface area contributed by atoms with Crippen LogP contribution >= 0.6 is 12.4 Å². The molecule has 1 aliphatic carbocycles. The third-order valence-electron chi connectivity index (χ3n) is 4.71. The fraction of sp³-hybridized carbons (Fsp3) is 0.588. The molecule has 1 saturated heterocycles. The van der Waals surface area contributed by atoms with Crippen molar-refractivity contribution in [2.75, 3.05) is 25.1 Å². The maximum atomic E-state index is 12.9. The van der Waals surface area contributed by atoms with Crippen LogP contribution in [0.5, 0.6) is 5.75 Å². The van der Waals surface area contributed by atoms with Crippen LogP contribution in [0.2, 0.25) is 0 Å². The van der Waals surface area contributed by atoms with Gasteiger partial charge in [-0.2, -0.15) is 0 Å². The number of methoxy groups -OCH3 is 1. The van der Waals surface area contributed by atoms with E-state index < -0.39 is 0 Å². The number of benzene rings is 1. The molecule has 1 heterocycles.